The Morgan fingerprint density at radius 3 is 2.60 bits per heavy atom. The second kappa shape index (κ2) is 9.72. The molecular formula is C16H34N2O2. The molecule has 1 rings (SSSR count). The fourth-order valence-electron chi connectivity index (χ4n) is 2.97. The zero-order valence-electron chi connectivity index (χ0n) is 13.9. The standard InChI is InChI=1S/C16H34N2O2/c1-5-16(6-2)14-18(15(3)8-9-17-16)10-7-11-20-13-12-19-4/h15,17H,5-14H2,1-4H3. The van der Waals surface area contributed by atoms with E-state index in [4.69, 9.17) is 9.47 Å². The summed E-state index contributed by atoms with van der Waals surface area (Å²) in [7, 11) is 1.71. The second-order valence-electron chi connectivity index (χ2n) is 5.98. The molecule has 0 saturated carbocycles. The first kappa shape index (κ1) is 17.9. The number of hydrogen-bond acceptors (Lipinski definition) is 4. The largest absolute Gasteiger partial charge is 0.382 e. The van der Waals surface area contributed by atoms with Crippen molar-refractivity contribution in [3.05, 3.63) is 0 Å². The molecule has 0 aromatic carbocycles. The van der Waals surface area contributed by atoms with Crippen molar-refractivity contribution in [2.45, 2.75) is 58.0 Å². The first-order chi connectivity index (χ1) is 9.67. The predicted octanol–water partition coefficient (Wildman–Crippen LogP) is 2.28. The minimum absolute atomic E-state index is 0.307. The summed E-state index contributed by atoms with van der Waals surface area (Å²) in [5.74, 6) is 0. The number of nitrogens with one attached hydrogen (secondary N) is 1. The fourth-order valence-corrected chi connectivity index (χ4v) is 2.97. The highest BCUT2D eigenvalue weighted by molar-refractivity contribution is 4.93. The fraction of sp³-hybridized carbons (Fsp3) is 1.00. The Hall–Kier alpha value is -0.160. The van der Waals surface area contributed by atoms with Gasteiger partial charge in [0, 0.05) is 38.4 Å². The zero-order valence-corrected chi connectivity index (χ0v) is 13.9. The minimum Gasteiger partial charge on any atom is -0.382 e. The molecule has 4 heteroatoms. The van der Waals surface area contributed by atoms with Crippen molar-refractivity contribution < 1.29 is 9.47 Å². The molecule has 0 spiro atoms. The van der Waals surface area contributed by atoms with Crippen molar-refractivity contribution in [3.8, 4) is 0 Å². The lowest BCUT2D eigenvalue weighted by Gasteiger charge is -2.37. The molecule has 1 aliphatic rings. The smallest absolute Gasteiger partial charge is 0.0700 e. The van der Waals surface area contributed by atoms with Gasteiger partial charge in [0.25, 0.3) is 0 Å². The first-order valence-corrected chi connectivity index (χ1v) is 8.23. The average Bonchev–Trinajstić information content (AvgIpc) is 2.63. The first-order valence-electron chi connectivity index (χ1n) is 8.23. The van der Waals surface area contributed by atoms with Crippen molar-refractivity contribution in [2.75, 3.05) is 46.6 Å². The van der Waals surface area contributed by atoms with E-state index in [9.17, 15) is 0 Å². The molecule has 0 aromatic heterocycles. The third-order valence-electron chi connectivity index (χ3n) is 4.71. The minimum atomic E-state index is 0.307. The maximum Gasteiger partial charge on any atom is 0.0700 e. The summed E-state index contributed by atoms with van der Waals surface area (Å²) >= 11 is 0. The van der Waals surface area contributed by atoms with Crippen LogP contribution < -0.4 is 5.32 Å². The summed E-state index contributed by atoms with van der Waals surface area (Å²) in [6.45, 7) is 12.7. The molecule has 1 saturated heterocycles. The number of ether oxygens (including phenoxy) is 2. The van der Waals surface area contributed by atoms with Gasteiger partial charge in [0.05, 0.1) is 13.2 Å². The SMILES string of the molecule is CCC1(CC)CN(CCCOCCOC)C(C)CCN1. The molecule has 1 aliphatic heterocycles. The number of nitrogens with zero attached hydrogens (tertiary/aromatic N) is 1. The lowest BCUT2D eigenvalue weighted by molar-refractivity contribution is 0.0611. The molecule has 1 unspecified atom stereocenters. The summed E-state index contributed by atoms with van der Waals surface area (Å²) < 4.78 is 10.6. The molecule has 120 valence electrons. The van der Waals surface area contributed by atoms with E-state index in [1.165, 1.54) is 25.8 Å². The molecular weight excluding hydrogens is 252 g/mol. The molecule has 0 aliphatic carbocycles. The van der Waals surface area contributed by atoms with Crippen LogP contribution >= 0.6 is 0 Å². The molecule has 0 amide bonds. The zero-order chi connectivity index (χ0) is 14.8. The van der Waals surface area contributed by atoms with E-state index in [0.29, 0.717) is 24.8 Å². The molecule has 1 N–H and O–H groups in total. The third kappa shape index (κ3) is 5.68. The van der Waals surface area contributed by atoms with Crippen LogP contribution in [0.15, 0.2) is 0 Å². The second-order valence-corrected chi connectivity index (χ2v) is 5.98. The monoisotopic (exact) mass is 286 g/mol. The highest BCUT2D eigenvalue weighted by atomic mass is 16.5. The van der Waals surface area contributed by atoms with Crippen LogP contribution in [0.2, 0.25) is 0 Å². The van der Waals surface area contributed by atoms with Crippen LogP contribution in [0.25, 0.3) is 0 Å². The van der Waals surface area contributed by atoms with Crippen LogP contribution in [0, 0.1) is 0 Å². The van der Waals surface area contributed by atoms with Crippen molar-refractivity contribution in [3.63, 3.8) is 0 Å². The maximum atomic E-state index is 5.57. The Morgan fingerprint density at radius 1 is 1.20 bits per heavy atom. The Labute approximate surface area is 125 Å². The summed E-state index contributed by atoms with van der Waals surface area (Å²) in [5, 5.41) is 3.78. The van der Waals surface area contributed by atoms with Gasteiger partial charge in [-0.15, -0.1) is 0 Å². The third-order valence-corrected chi connectivity index (χ3v) is 4.71. The van der Waals surface area contributed by atoms with Crippen molar-refractivity contribution in [1.29, 1.82) is 0 Å². The van der Waals surface area contributed by atoms with E-state index in [1.807, 2.05) is 0 Å². The van der Waals surface area contributed by atoms with E-state index in [-0.39, 0.29) is 0 Å². The Balaban J connectivity index is 2.36. The Kier molecular flexibility index (Phi) is 8.69. The van der Waals surface area contributed by atoms with E-state index >= 15 is 0 Å². The number of methoxy groups -OCH3 is 1. The maximum absolute atomic E-state index is 5.57. The normalized spacial score (nSPS) is 23.7. The molecule has 1 heterocycles. The molecule has 0 aromatic rings. The Bertz CT molecular complexity index is 245. The van der Waals surface area contributed by atoms with E-state index in [2.05, 4.69) is 31.0 Å². The van der Waals surface area contributed by atoms with Crippen molar-refractivity contribution >= 4 is 0 Å². The van der Waals surface area contributed by atoms with Gasteiger partial charge < -0.3 is 14.8 Å². The van der Waals surface area contributed by atoms with Crippen molar-refractivity contribution in [2.24, 2.45) is 0 Å². The molecule has 20 heavy (non-hydrogen) atoms. The van der Waals surface area contributed by atoms with Crippen molar-refractivity contribution in [1.82, 2.24) is 10.2 Å². The van der Waals surface area contributed by atoms with E-state index in [0.717, 1.165) is 26.1 Å². The average molecular weight is 286 g/mol. The topological polar surface area (TPSA) is 33.7 Å². The van der Waals surface area contributed by atoms with Gasteiger partial charge in [-0.25, -0.2) is 0 Å². The van der Waals surface area contributed by atoms with Gasteiger partial charge in [-0.2, -0.15) is 0 Å². The van der Waals surface area contributed by atoms with Gasteiger partial charge in [-0.05, 0) is 39.2 Å². The summed E-state index contributed by atoms with van der Waals surface area (Å²) in [4.78, 5) is 2.65. The molecule has 1 fully saturated rings. The van der Waals surface area contributed by atoms with Crippen LogP contribution in [0.1, 0.15) is 46.5 Å². The quantitative estimate of drug-likeness (QED) is 0.659. The van der Waals surface area contributed by atoms with Gasteiger partial charge in [0.2, 0.25) is 0 Å². The molecule has 4 nitrogen and oxygen atoms in total. The van der Waals surface area contributed by atoms with E-state index < -0.39 is 0 Å². The van der Waals surface area contributed by atoms with Gasteiger partial charge in [0.15, 0.2) is 0 Å². The van der Waals surface area contributed by atoms with Crippen LogP contribution in [0.3, 0.4) is 0 Å². The molecule has 1 atom stereocenters. The lowest BCUT2D eigenvalue weighted by atomic mass is 9.92. The molecule has 0 bridgehead atoms. The van der Waals surface area contributed by atoms with Gasteiger partial charge in [0.1, 0.15) is 0 Å². The lowest BCUT2D eigenvalue weighted by Crippen LogP contribution is -2.51. The predicted molar refractivity (Wildman–Crippen MR) is 84.3 cm³/mol. The molecule has 0 radical (unpaired) electrons. The van der Waals surface area contributed by atoms with Gasteiger partial charge in [-0.3, -0.25) is 4.90 Å². The van der Waals surface area contributed by atoms with E-state index in [1.54, 1.807) is 7.11 Å². The van der Waals surface area contributed by atoms with Crippen LogP contribution in [-0.4, -0.2) is 63.0 Å². The van der Waals surface area contributed by atoms with Crippen LogP contribution in [-0.2, 0) is 9.47 Å². The summed E-state index contributed by atoms with van der Waals surface area (Å²) in [6, 6.07) is 0.668. The summed E-state index contributed by atoms with van der Waals surface area (Å²) in [6.07, 6.45) is 4.76. The number of rotatable bonds is 9. The van der Waals surface area contributed by atoms with Gasteiger partial charge in [-0.1, -0.05) is 13.8 Å². The Morgan fingerprint density at radius 2 is 1.95 bits per heavy atom. The van der Waals surface area contributed by atoms with Crippen LogP contribution in [0.5, 0.6) is 0 Å². The summed E-state index contributed by atoms with van der Waals surface area (Å²) in [5.41, 5.74) is 0.307. The van der Waals surface area contributed by atoms with Crippen LogP contribution in [0.4, 0.5) is 0 Å². The number of hydrogen-bond donors (Lipinski definition) is 1. The van der Waals surface area contributed by atoms with Gasteiger partial charge >= 0.3 is 0 Å². The highest BCUT2D eigenvalue weighted by Gasteiger charge is 2.32. The highest BCUT2D eigenvalue weighted by Crippen LogP contribution is 2.22.